The molecule has 1 aliphatic heterocycles. The van der Waals surface area contributed by atoms with Crippen molar-refractivity contribution in [1.29, 1.82) is 0 Å². The fraction of sp³-hybridized carbons (Fsp3) is 0.208. The standard InChI is InChI=1S/C48H43NS/c1-6-7-21-41(33-16-8-9-17-34(31(3)28-33)32-24-27-44-38(29-32)36-19-11-13-23-43(36)50-44)49-42-22-12-10-18-35(42)37-25-26-40-46(47(37)49)45-30(2)15-14-20-39(45)48(40,4)5/h6-14,16-18,20-30,36H,15,19H2,1-5H3/b7-6-,9-8?,16-8?,17-9+,31-28?,33-16?,33-28+,34-17?,34-31-,41-21+. The molecule has 0 amide bonds. The maximum atomic E-state index is 2.58. The van der Waals surface area contributed by atoms with E-state index < -0.39 is 0 Å². The number of aromatic nitrogens is 1. The van der Waals surface area contributed by atoms with E-state index in [4.69, 9.17) is 0 Å². The predicted octanol–water partition coefficient (Wildman–Crippen LogP) is 13.4. The van der Waals surface area contributed by atoms with Gasteiger partial charge in [-0.25, -0.2) is 0 Å². The zero-order valence-electron chi connectivity index (χ0n) is 29.6. The molecule has 0 spiro atoms. The lowest BCUT2D eigenvalue weighted by Gasteiger charge is -2.25. The molecule has 0 bridgehead atoms. The lowest BCUT2D eigenvalue weighted by Crippen LogP contribution is -2.17. The van der Waals surface area contributed by atoms with Crippen LogP contribution in [0.15, 0.2) is 160 Å². The van der Waals surface area contributed by atoms with Gasteiger partial charge in [-0.3, -0.25) is 0 Å². The summed E-state index contributed by atoms with van der Waals surface area (Å²) < 4.78 is 2.58. The van der Waals surface area contributed by atoms with E-state index in [0.717, 1.165) is 12.8 Å². The van der Waals surface area contributed by atoms with Crippen LogP contribution in [-0.2, 0) is 5.41 Å². The molecule has 2 unspecified atom stereocenters. The van der Waals surface area contributed by atoms with Gasteiger partial charge in [-0.1, -0.05) is 136 Å². The maximum Gasteiger partial charge on any atom is 0.0619 e. The Hall–Kier alpha value is -4.79. The maximum absolute atomic E-state index is 2.58. The summed E-state index contributed by atoms with van der Waals surface area (Å²) in [6, 6.07) is 20.9. The number of rotatable bonds is 4. The van der Waals surface area contributed by atoms with Crippen molar-refractivity contribution in [3.8, 4) is 0 Å². The van der Waals surface area contributed by atoms with Crippen molar-refractivity contribution < 1.29 is 0 Å². The largest absolute Gasteiger partial charge is 0.308 e. The second-order valence-corrected chi connectivity index (χ2v) is 16.0. The quantitative estimate of drug-likeness (QED) is 0.196. The van der Waals surface area contributed by atoms with E-state index in [1.165, 1.54) is 87.4 Å². The fourth-order valence-electron chi connectivity index (χ4n) is 9.01. The first kappa shape index (κ1) is 31.2. The molecule has 2 atom stereocenters. The molecule has 9 rings (SSSR count). The molecule has 1 aromatic heterocycles. The highest BCUT2D eigenvalue weighted by atomic mass is 32.2. The van der Waals surface area contributed by atoms with Gasteiger partial charge in [-0.2, -0.15) is 0 Å². The number of para-hydroxylation sites is 1. The number of hydrogen-bond donors (Lipinski definition) is 0. The molecule has 2 heteroatoms. The van der Waals surface area contributed by atoms with Gasteiger partial charge < -0.3 is 4.57 Å². The monoisotopic (exact) mass is 665 g/mol. The molecule has 1 nitrogen and oxygen atoms in total. The molecule has 0 N–H and O–H groups in total. The van der Waals surface area contributed by atoms with Crippen molar-refractivity contribution in [2.75, 3.05) is 0 Å². The number of fused-ring (bicyclic) bond motifs is 9. The molecule has 2 heterocycles. The Morgan fingerprint density at radius 3 is 2.66 bits per heavy atom. The molecule has 0 radical (unpaired) electrons. The predicted molar refractivity (Wildman–Crippen MR) is 217 cm³/mol. The second-order valence-electron chi connectivity index (χ2n) is 14.9. The van der Waals surface area contributed by atoms with Crippen molar-refractivity contribution >= 4 is 50.4 Å². The van der Waals surface area contributed by atoms with Crippen LogP contribution >= 0.6 is 11.8 Å². The molecule has 0 saturated heterocycles. The smallest absolute Gasteiger partial charge is 0.0619 e. The zero-order valence-corrected chi connectivity index (χ0v) is 30.4. The first-order chi connectivity index (χ1) is 24.4. The van der Waals surface area contributed by atoms with Crippen LogP contribution in [0.1, 0.15) is 75.6 Å². The van der Waals surface area contributed by atoms with Crippen LogP contribution in [0.3, 0.4) is 0 Å². The third-order valence-electron chi connectivity index (χ3n) is 11.5. The van der Waals surface area contributed by atoms with Crippen molar-refractivity contribution in [2.45, 2.75) is 63.7 Å². The van der Waals surface area contributed by atoms with Gasteiger partial charge in [0, 0.05) is 32.6 Å². The average molecular weight is 666 g/mol. The summed E-state index contributed by atoms with van der Waals surface area (Å²) in [5.74, 6) is 0.954. The highest BCUT2D eigenvalue weighted by Crippen LogP contribution is 2.55. The Morgan fingerprint density at radius 1 is 0.920 bits per heavy atom. The minimum Gasteiger partial charge on any atom is -0.308 e. The molecule has 0 saturated carbocycles. The minimum atomic E-state index is -0.0458. The van der Waals surface area contributed by atoms with Gasteiger partial charge in [0.2, 0.25) is 0 Å². The van der Waals surface area contributed by atoms with Crippen molar-refractivity contribution in [2.24, 2.45) is 5.92 Å². The zero-order chi connectivity index (χ0) is 34.1. The third kappa shape index (κ3) is 4.68. The summed E-state index contributed by atoms with van der Waals surface area (Å²) in [5.41, 5.74) is 16.1. The van der Waals surface area contributed by atoms with Crippen LogP contribution in [0.2, 0.25) is 0 Å². The van der Waals surface area contributed by atoms with E-state index in [-0.39, 0.29) is 5.41 Å². The van der Waals surface area contributed by atoms with Gasteiger partial charge >= 0.3 is 0 Å². The normalized spacial score (nSPS) is 25.3. The van der Waals surface area contributed by atoms with E-state index in [1.54, 1.807) is 0 Å². The SMILES string of the molecule is C\C=C/C=C(\C1=C\C(C)=C(c2ccc3c(c2)C2CC=CC=C2S3)\C=C\C=C1)n1c2ccccc2c2ccc3c(c21)C1=C(C=CCC1C)C3(C)C. The van der Waals surface area contributed by atoms with Crippen molar-refractivity contribution in [1.82, 2.24) is 4.57 Å². The van der Waals surface area contributed by atoms with Gasteiger partial charge in [-0.15, -0.1) is 0 Å². The lowest BCUT2D eigenvalue weighted by atomic mass is 9.79. The third-order valence-corrected chi connectivity index (χ3v) is 12.7. The number of thioether (sulfide) groups is 1. The molecule has 0 fully saturated rings. The molecular formula is C48H43NS. The van der Waals surface area contributed by atoms with Crippen LogP contribution in [0.4, 0.5) is 0 Å². The molecule has 3 aromatic carbocycles. The molecule has 5 aliphatic rings. The summed E-state index contributed by atoms with van der Waals surface area (Å²) in [4.78, 5) is 2.88. The van der Waals surface area contributed by atoms with Gasteiger partial charge in [0.1, 0.15) is 0 Å². The Bertz CT molecular complexity index is 2450. The molecule has 4 aliphatic carbocycles. The van der Waals surface area contributed by atoms with Crippen molar-refractivity contribution in [3.63, 3.8) is 0 Å². The van der Waals surface area contributed by atoms with Crippen LogP contribution in [0.5, 0.6) is 0 Å². The number of benzene rings is 3. The Balaban J connectivity index is 1.27. The summed E-state index contributed by atoms with van der Waals surface area (Å²) in [7, 11) is 0. The summed E-state index contributed by atoms with van der Waals surface area (Å²) >= 11 is 1.94. The number of hydrogen-bond acceptors (Lipinski definition) is 1. The van der Waals surface area contributed by atoms with E-state index >= 15 is 0 Å². The van der Waals surface area contributed by atoms with Crippen LogP contribution in [0, 0.1) is 5.92 Å². The summed E-state index contributed by atoms with van der Waals surface area (Å²) in [6.07, 6.45) is 31.9. The van der Waals surface area contributed by atoms with Crippen LogP contribution in [-0.4, -0.2) is 4.57 Å². The van der Waals surface area contributed by atoms with Crippen LogP contribution < -0.4 is 0 Å². The summed E-state index contributed by atoms with van der Waals surface area (Å²) in [5, 5.41) is 2.62. The lowest BCUT2D eigenvalue weighted by molar-refractivity contribution is 0.643. The highest BCUT2D eigenvalue weighted by Gasteiger charge is 2.41. The first-order valence-corrected chi connectivity index (χ1v) is 19.0. The fourth-order valence-corrected chi connectivity index (χ4v) is 10.2. The minimum absolute atomic E-state index is 0.0458. The van der Waals surface area contributed by atoms with Gasteiger partial charge in [0.05, 0.1) is 16.7 Å². The van der Waals surface area contributed by atoms with Gasteiger partial charge in [-0.05, 0) is 112 Å². The number of allylic oxidation sites excluding steroid dienone is 20. The molecule has 50 heavy (non-hydrogen) atoms. The van der Waals surface area contributed by atoms with Gasteiger partial charge in [0.25, 0.3) is 0 Å². The summed E-state index contributed by atoms with van der Waals surface area (Å²) in [6.45, 7) is 11.6. The van der Waals surface area contributed by atoms with E-state index in [1.807, 2.05) is 11.8 Å². The highest BCUT2D eigenvalue weighted by molar-refractivity contribution is 8.03. The van der Waals surface area contributed by atoms with E-state index in [0.29, 0.717) is 11.8 Å². The van der Waals surface area contributed by atoms with Crippen molar-refractivity contribution in [3.05, 3.63) is 177 Å². The molecular weight excluding hydrogens is 623 g/mol. The first-order valence-electron chi connectivity index (χ1n) is 18.1. The Kier molecular flexibility index (Phi) is 7.44. The Morgan fingerprint density at radius 2 is 1.78 bits per heavy atom. The van der Waals surface area contributed by atoms with Crippen LogP contribution in [0.25, 0.3) is 38.6 Å². The van der Waals surface area contributed by atoms with E-state index in [9.17, 15) is 0 Å². The average Bonchev–Trinajstić information content (AvgIpc) is 3.73. The number of nitrogens with zero attached hydrogens (tertiary/aromatic N) is 1. The molecule has 4 aromatic rings. The molecule has 246 valence electrons. The topological polar surface area (TPSA) is 4.93 Å². The second kappa shape index (κ2) is 11.9. The Labute approximate surface area is 300 Å². The van der Waals surface area contributed by atoms with E-state index in [2.05, 4.69) is 173 Å². The van der Waals surface area contributed by atoms with Gasteiger partial charge in [0.15, 0.2) is 0 Å².